The number of benzene rings is 2. The highest BCUT2D eigenvalue weighted by Gasteiger charge is 2.29. The van der Waals surface area contributed by atoms with Gasteiger partial charge < -0.3 is 9.52 Å². The van der Waals surface area contributed by atoms with Crippen molar-refractivity contribution in [2.75, 3.05) is 0 Å². The molecule has 4 heteroatoms. The predicted octanol–water partition coefficient (Wildman–Crippen LogP) is 4.68. The van der Waals surface area contributed by atoms with E-state index in [1.54, 1.807) is 49.4 Å². The van der Waals surface area contributed by atoms with E-state index in [1.165, 1.54) is 6.07 Å². The van der Waals surface area contributed by atoms with Crippen molar-refractivity contribution in [2.45, 2.75) is 18.9 Å². The van der Waals surface area contributed by atoms with Crippen LogP contribution < -0.4 is 0 Å². The highest BCUT2D eigenvalue weighted by molar-refractivity contribution is 6.31. The third-order valence-corrected chi connectivity index (χ3v) is 3.74. The molecular weight excluding hydrogens is 291 g/mol. The Morgan fingerprint density at radius 1 is 1.19 bits per heavy atom. The molecule has 0 aliphatic rings. The zero-order valence-electron chi connectivity index (χ0n) is 11.4. The van der Waals surface area contributed by atoms with Gasteiger partial charge in [0.15, 0.2) is 0 Å². The van der Waals surface area contributed by atoms with Crippen molar-refractivity contribution < 1.29 is 13.9 Å². The summed E-state index contributed by atoms with van der Waals surface area (Å²) in [5.74, 6) is 0.0555. The minimum Gasteiger partial charge on any atom is -0.458 e. The van der Waals surface area contributed by atoms with E-state index in [2.05, 4.69) is 0 Å². The molecule has 3 aromatic rings. The topological polar surface area (TPSA) is 33.4 Å². The average molecular weight is 305 g/mol. The normalized spacial score (nSPS) is 14.3. The van der Waals surface area contributed by atoms with Crippen molar-refractivity contribution in [2.24, 2.45) is 0 Å². The van der Waals surface area contributed by atoms with Crippen molar-refractivity contribution in [3.63, 3.8) is 0 Å². The molecule has 0 spiro atoms. The van der Waals surface area contributed by atoms with E-state index in [4.69, 9.17) is 16.0 Å². The van der Waals surface area contributed by atoms with Gasteiger partial charge in [-0.2, -0.15) is 0 Å². The smallest absolute Gasteiger partial charge is 0.136 e. The molecule has 2 aromatic carbocycles. The van der Waals surface area contributed by atoms with Gasteiger partial charge in [0.2, 0.25) is 0 Å². The second-order valence-electron chi connectivity index (χ2n) is 5.33. The summed E-state index contributed by atoms with van der Waals surface area (Å²) >= 11 is 5.94. The van der Waals surface area contributed by atoms with Gasteiger partial charge in [-0.15, -0.1) is 0 Å². The van der Waals surface area contributed by atoms with Gasteiger partial charge in [-0.3, -0.25) is 0 Å². The van der Waals surface area contributed by atoms with Crippen LogP contribution in [0.15, 0.2) is 52.9 Å². The maximum atomic E-state index is 13.7. The highest BCUT2D eigenvalue weighted by atomic mass is 35.5. The quantitative estimate of drug-likeness (QED) is 0.762. The van der Waals surface area contributed by atoms with Crippen LogP contribution in [0.1, 0.15) is 18.2 Å². The fraction of sp³-hybridized carbons (Fsp3) is 0.176. The summed E-state index contributed by atoms with van der Waals surface area (Å²) in [7, 11) is 0. The molecule has 0 amide bonds. The molecule has 0 aliphatic heterocycles. The van der Waals surface area contributed by atoms with E-state index in [1.807, 2.05) is 0 Å². The SMILES string of the molecule is CC(O)(Cc1ccccc1F)c1cc2cc(Cl)ccc2o1. The van der Waals surface area contributed by atoms with E-state index in [0.717, 1.165) is 5.39 Å². The molecule has 1 unspecified atom stereocenters. The first kappa shape index (κ1) is 14.1. The summed E-state index contributed by atoms with van der Waals surface area (Å²) in [5.41, 5.74) is -0.211. The number of furan rings is 1. The average Bonchev–Trinajstić information content (AvgIpc) is 2.85. The number of hydrogen-bond donors (Lipinski definition) is 1. The van der Waals surface area contributed by atoms with Gasteiger partial charge in [-0.25, -0.2) is 4.39 Å². The maximum Gasteiger partial charge on any atom is 0.136 e. The Morgan fingerprint density at radius 2 is 1.95 bits per heavy atom. The van der Waals surface area contributed by atoms with Gasteiger partial charge in [0.1, 0.15) is 22.8 Å². The monoisotopic (exact) mass is 304 g/mol. The number of aliphatic hydroxyl groups is 1. The van der Waals surface area contributed by atoms with Crippen molar-refractivity contribution >= 4 is 22.6 Å². The highest BCUT2D eigenvalue weighted by Crippen LogP contribution is 2.32. The first-order valence-corrected chi connectivity index (χ1v) is 6.99. The van der Waals surface area contributed by atoms with Crippen molar-refractivity contribution in [3.8, 4) is 0 Å². The van der Waals surface area contributed by atoms with Gasteiger partial charge in [0, 0.05) is 16.8 Å². The van der Waals surface area contributed by atoms with Crippen molar-refractivity contribution in [1.29, 1.82) is 0 Å². The largest absolute Gasteiger partial charge is 0.458 e. The zero-order valence-corrected chi connectivity index (χ0v) is 12.2. The molecule has 0 saturated carbocycles. The molecule has 2 nitrogen and oxygen atoms in total. The Kier molecular flexibility index (Phi) is 3.47. The molecule has 0 radical (unpaired) electrons. The van der Waals surface area contributed by atoms with Crippen molar-refractivity contribution in [3.05, 3.63) is 70.7 Å². The van der Waals surface area contributed by atoms with E-state index in [-0.39, 0.29) is 12.2 Å². The molecular formula is C17H14ClFO2. The third-order valence-electron chi connectivity index (χ3n) is 3.50. The first-order valence-electron chi connectivity index (χ1n) is 6.61. The van der Waals surface area contributed by atoms with Crippen LogP contribution in [0, 0.1) is 5.82 Å². The lowest BCUT2D eigenvalue weighted by molar-refractivity contribution is 0.0352. The molecule has 3 rings (SSSR count). The predicted molar refractivity (Wildman–Crippen MR) is 80.9 cm³/mol. The summed E-state index contributed by atoms with van der Waals surface area (Å²) < 4.78 is 19.4. The maximum absolute atomic E-state index is 13.7. The molecule has 1 heterocycles. The minimum absolute atomic E-state index is 0.132. The summed E-state index contributed by atoms with van der Waals surface area (Å²) in [4.78, 5) is 0. The van der Waals surface area contributed by atoms with Gasteiger partial charge in [-0.1, -0.05) is 29.8 Å². The second-order valence-corrected chi connectivity index (χ2v) is 5.77. The summed E-state index contributed by atoms with van der Waals surface area (Å²) in [6, 6.07) is 13.4. The number of halogens is 2. The zero-order chi connectivity index (χ0) is 15.0. The molecule has 21 heavy (non-hydrogen) atoms. The minimum atomic E-state index is -1.30. The molecule has 0 saturated heterocycles. The van der Waals surface area contributed by atoms with Crippen molar-refractivity contribution in [1.82, 2.24) is 0 Å². The molecule has 1 aromatic heterocycles. The number of fused-ring (bicyclic) bond motifs is 1. The molecule has 108 valence electrons. The lowest BCUT2D eigenvalue weighted by atomic mass is 9.93. The van der Waals surface area contributed by atoms with Crippen LogP contribution in [0.5, 0.6) is 0 Å². The van der Waals surface area contributed by atoms with Gasteiger partial charge >= 0.3 is 0 Å². The lowest BCUT2D eigenvalue weighted by Gasteiger charge is -2.21. The Bertz CT molecular complexity index is 792. The van der Waals surface area contributed by atoms with E-state index in [9.17, 15) is 9.50 Å². The molecule has 0 fully saturated rings. The fourth-order valence-corrected chi connectivity index (χ4v) is 2.56. The van der Waals surface area contributed by atoms with Crippen LogP contribution in [-0.4, -0.2) is 5.11 Å². The second kappa shape index (κ2) is 5.17. The van der Waals surface area contributed by atoms with E-state index in [0.29, 0.717) is 21.9 Å². The Morgan fingerprint density at radius 3 is 2.71 bits per heavy atom. The number of hydrogen-bond acceptors (Lipinski definition) is 2. The van der Waals surface area contributed by atoms with E-state index >= 15 is 0 Å². The van der Waals surface area contributed by atoms with Crippen LogP contribution >= 0.6 is 11.6 Å². The van der Waals surface area contributed by atoms with E-state index < -0.39 is 5.60 Å². The van der Waals surface area contributed by atoms with Crippen LogP contribution in [0.4, 0.5) is 4.39 Å². The van der Waals surface area contributed by atoms with Gasteiger partial charge in [-0.05, 0) is 42.8 Å². The summed E-state index contributed by atoms with van der Waals surface area (Å²) in [5, 5.41) is 12.1. The fourth-order valence-electron chi connectivity index (χ4n) is 2.38. The molecule has 1 atom stereocenters. The molecule has 0 aliphatic carbocycles. The Balaban J connectivity index is 1.97. The van der Waals surface area contributed by atoms with Gasteiger partial charge in [0.25, 0.3) is 0 Å². The number of rotatable bonds is 3. The summed E-state index contributed by atoms with van der Waals surface area (Å²) in [6.45, 7) is 1.61. The summed E-state index contributed by atoms with van der Waals surface area (Å²) in [6.07, 6.45) is 0.132. The van der Waals surface area contributed by atoms with Crippen LogP contribution in [0.25, 0.3) is 11.0 Å². The van der Waals surface area contributed by atoms with Crippen LogP contribution in [0.2, 0.25) is 5.02 Å². The molecule has 1 N–H and O–H groups in total. The van der Waals surface area contributed by atoms with Gasteiger partial charge in [0.05, 0.1) is 0 Å². The van der Waals surface area contributed by atoms with Crippen LogP contribution in [-0.2, 0) is 12.0 Å². The first-order chi connectivity index (χ1) is 9.95. The molecule has 0 bridgehead atoms. The Hall–Kier alpha value is -1.84. The lowest BCUT2D eigenvalue weighted by Crippen LogP contribution is -2.24. The third kappa shape index (κ3) is 2.80. The standard InChI is InChI=1S/C17H14ClFO2/c1-17(20,10-11-4-2-3-5-14(11)19)16-9-12-8-13(18)6-7-15(12)21-16/h2-9,20H,10H2,1H3. The Labute approximate surface area is 126 Å². The van der Waals surface area contributed by atoms with Crippen LogP contribution in [0.3, 0.4) is 0 Å².